The van der Waals surface area contributed by atoms with Crippen molar-refractivity contribution in [2.24, 2.45) is 0 Å². The minimum atomic E-state index is 1.20. The molecule has 0 amide bonds. The van der Waals surface area contributed by atoms with Gasteiger partial charge in [0.15, 0.2) is 0 Å². The van der Waals surface area contributed by atoms with E-state index in [1.807, 2.05) is 0 Å². The highest BCUT2D eigenvalue weighted by Crippen LogP contribution is 2.22. The van der Waals surface area contributed by atoms with Gasteiger partial charge in [0.25, 0.3) is 0 Å². The van der Waals surface area contributed by atoms with Crippen molar-refractivity contribution < 1.29 is 0 Å². The van der Waals surface area contributed by atoms with Crippen LogP contribution in [0.4, 0.5) is 0 Å². The third-order valence-corrected chi connectivity index (χ3v) is 2.61. The number of hydrogen-bond donors (Lipinski definition) is 0. The fourth-order valence-corrected chi connectivity index (χ4v) is 1.77. The molecule has 0 heteroatoms. The summed E-state index contributed by atoms with van der Waals surface area (Å²) in [5, 5.41) is 0. The summed E-state index contributed by atoms with van der Waals surface area (Å²) in [6, 6.07) is 0. The van der Waals surface area contributed by atoms with Crippen molar-refractivity contribution in [1.29, 1.82) is 0 Å². The first-order valence-corrected chi connectivity index (χ1v) is 5.52. The normalized spacial score (nSPS) is 18.9. The van der Waals surface area contributed by atoms with Gasteiger partial charge in [-0.05, 0) is 44.6 Å². The molecule has 0 unspecified atom stereocenters. The molecule has 0 aliphatic heterocycles. The maximum atomic E-state index is 3.58. The van der Waals surface area contributed by atoms with Gasteiger partial charge in [0, 0.05) is 0 Å². The zero-order valence-corrected chi connectivity index (χ0v) is 8.36. The molecule has 1 radical (unpaired) electrons. The van der Waals surface area contributed by atoms with Gasteiger partial charge < -0.3 is 0 Å². The molecule has 0 saturated heterocycles. The van der Waals surface area contributed by atoms with Crippen LogP contribution in [0.25, 0.3) is 0 Å². The first-order valence-electron chi connectivity index (χ1n) is 5.52. The lowest BCUT2D eigenvalue weighted by Gasteiger charge is -2.00. The van der Waals surface area contributed by atoms with E-state index in [-0.39, 0.29) is 0 Å². The standard InChI is InChI=1S/C12H21/c1-2-3-6-9-12-10-7-4-5-8-11-12/h2-8,10-11H2,1H3. The fraction of sp³-hybridized carbons (Fsp3) is 0.833. The van der Waals surface area contributed by atoms with Crippen molar-refractivity contribution in [3.63, 3.8) is 0 Å². The molecule has 0 aromatic rings. The van der Waals surface area contributed by atoms with Gasteiger partial charge in [0.1, 0.15) is 0 Å². The zero-order chi connectivity index (χ0) is 8.65. The molecule has 0 heterocycles. The molecule has 0 aromatic carbocycles. The summed E-state index contributed by atoms with van der Waals surface area (Å²) in [6.45, 7) is 2.25. The van der Waals surface area contributed by atoms with Crippen LogP contribution >= 0.6 is 0 Å². The molecule has 1 aliphatic rings. The van der Waals surface area contributed by atoms with Gasteiger partial charge in [0.2, 0.25) is 0 Å². The van der Waals surface area contributed by atoms with Crippen molar-refractivity contribution in [1.82, 2.24) is 0 Å². The summed E-state index contributed by atoms with van der Waals surface area (Å²) in [4.78, 5) is 0. The number of allylic oxidation sites excluding steroid dienone is 2. The molecular formula is C12H21. The Morgan fingerprint density at radius 1 is 1.08 bits per heavy atom. The summed E-state index contributed by atoms with van der Waals surface area (Å²) in [5.74, 6) is 0. The van der Waals surface area contributed by atoms with Crippen LogP contribution in [0, 0.1) is 6.08 Å². The highest BCUT2D eigenvalue weighted by molar-refractivity contribution is 4.98. The molecule has 0 spiro atoms. The van der Waals surface area contributed by atoms with Gasteiger partial charge in [-0.2, -0.15) is 0 Å². The third-order valence-electron chi connectivity index (χ3n) is 2.61. The average Bonchev–Trinajstić information content (AvgIpc) is 2.33. The van der Waals surface area contributed by atoms with E-state index in [9.17, 15) is 0 Å². The minimum absolute atomic E-state index is 1.20. The Morgan fingerprint density at radius 3 is 2.33 bits per heavy atom. The Hall–Kier alpha value is -0.260. The third kappa shape index (κ3) is 3.94. The summed E-state index contributed by atoms with van der Waals surface area (Å²) in [5.41, 5.74) is 1.63. The molecule has 0 bridgehead atoms. The van der Waals surface area contributed by atoms with Crippen molar-refractivity contribution in [3.8, 4) is 0 Å². The lowest BCUT2D eigenvalue weighted by atomic mass is 10.1. The minimum Gasteiger partial charge on any atom is -0.0667 e. The van der Waals surface area contributed by atoms with Crippen LogP contribution in [0.2, 0.25) is 0 Å². The van der Waals surface area contributed by atoms with Gasteiger partial charge in [-0.1, -0.05) is 31.8 Å². The van der Waals surface area contributed by atoms with E-state index in [4.69, 9.17) is 0 Å². The first kappa shape index (κ1) is 9.83. The summed E-state index contributed by atoms with van der Waals surface area (Å²) >= 11 is 0. The SMILES string of the molecule is CCCC[C]=C1CCCCCC1. The van der Waals surface area contributed by atoms with E-state index in [2.05, 4.69) is 13.0 Å². The molecule has 1 fully saturated rings. The molecule has 69 valence electrons. The van der Waals surface area contributed by atoms with E-state index in [0.717, 1.165) is 0 Å². The van der Waals surface area contributed by atoms with Crippen molar-refractivity contribution in [2.75, 3.05) is 0 Å². The molecular weight excluding hydrogens is 144 g/mol. The summed E-state index contributed by atoms with van der Waals surface area (Å²) in [6.07, 6.45) is 15.8. The average molecular weight is 165 g/mol. The van der Waals surface area contributed by atoms with Gasteiger partial charge in [-0.3, -0.25) is 0 Å². The van der Waals surface area contributed by atoms with E-state index in [1.54, 1.807) is 5.57 Å². The second-order valence-corrected chi connectivity index (χ2v) is 3.80. The smallest absolute Gasteiger partial charge is 0.0277 e. The Kier molecular flexibility index (Phi) is 5.14. The molecule has 0 atom stereocenters. The second-order valence-electron chi connectivity index (χ2n) is 3.80. The summed E-state index contributed by atoms with van der Waals surface area (Å²) < 4.78 is 0. The number of rotatable bonds is 3. The van der Waals surface area contributed by atoms with E-state index in [0.29, 0.717) is 0 Å². The van der Waals surface area contributed by atoms with Gasteiger partial charge >= 0.3 is 0 Å². The molecule has 0 N–H and O–H groups in total. The van der Waals surface area contributed by atoms with Crippen LogP contribution in [0.5, 0.6) is 0 Å². The van der Waals surface area contributed by atoms with E-state index in [1.165, 1.54) is 57.8 Å². The Balaban J connectivity index is 2.22. The maximum Gasteiger partial charge on any atom is -0.0277 e. The topological polar surface area (TPSA) is 0 Å². The lowest BCUT2D eigenvalue weighted by molar-refractivity contribution is 0.702. The molecule has 1 aliphatic carbocycles. The molecule has 0 aromatic heterocycles. The second kappa shape index (κ2) is 6.28. The van der Waals surface area contributed by atoms with Gasteiger partial charge in [-0.15, -0.1) is 0 Å². The molecule has 1 rings (SSSR count). The zero-order valence-electron chi connectivity index (χ0n) is 8.36. The van der Waals surface area contributed by atoms with Crippen molar-refractivity contribution in [2.45, 2.75) is 64.7 Å². The highest BCUT2D eigenvalue weighted by Gasteiger charge is 2.03. The van der Waals surface area contributed by atoms with Crippen LogP contribution in [0.1, 0.15) is 64.7 Å². The molecule has 1 saturated carbocycles. The van der Waals surface area contributed by atoms with E-state index < -0.39 is 0 Å². The predicted octanol–water partition coefficient (Wildman–Crippen LogP) is 4.26. The largest absolute Gasteiger partial charge is 0.0667 e. The Morgan fingerprint density at radius 2 is 1.75 bits per heavy atom. The number of hydrogen-bond acceptors (Lipinski definition) is 0. The summed E-state index contributed by atoms with van der Waals surface area (Å²) in [7, 11) is 0. The Bertz CT molecular complexity index is 123. The lowest BCUT2D eigenvalue weighted by Crippen LogP contribution is -1.81. The van der Waals surface area contributed by atoms with Crippen LogP contribution < -0.4 is 0 Å². The molecule has 0 nitrogen and oxygen atoms in total. The predicted molar refractivity (Wildman–Crippen MR) is 54.0 cm³/mol. The maximum absolute atomic E-state index is 3.58. The fourth-order valence-electron chi connectivity index (χ4n) is 1.77. The Labute approximate surface area is 77.1 Å². The monoisotopic (exact) mass is 165 g/mol. The van der Waals surface area contributed by atoms with E-state index >= 15 is 0 Å². The quantitative estimate of drug-likeness (QED) is 0.433. The van der Waals surface area contributed by atoms with Crippen LogP contribution in [-0.4, -0.2) is 0 Å². The van der Waals surface area contributed by atoms with Gasteiger partial charge in [-0.25, -0.2) is 0 Å². The molecule has 12 heavy (non-hydrogen) atoms. The first-order chi connectivity index (χ1) is 5.93. The van der Waals surface area contributed by atoms with Crippen molar-refractivity contribution >= 4 is 0 Å². The van der Waals surface area contributed by atoms with Crippen LogP contribution in [-0.2, 0) is 0 Å². The van der Waals surface area contributed by atoms with Crippen LogP contribution in [0.15, 0.2) is 5.57 Å². The van der Waals surface area contributed by atoms with Crippen LogP contribution in [0.3, 0.4) is 0 Å². The van der Waals surface area contributed by atoms with Crippen molar-refractivity contribution in [3.05, 3.63) is 11.6 Å². The number of unbranched alkanes of at least 4 members (excludes halogenated alkanes) is 2. The highest BCUT2D eigenvalue weighted by atomic mass is 14.1. The van der Waals surface area contributed by atoms with Gasteiger partial charge in [0.05, 0.1) is 0 Å².